The third kappa shape index (κ3) is 4.03. The molecule has 0 amide bonds. The Hall–Kier alpha value is -0.660. The van der Waals surface area contributed by atoms with E-state index in [2.05, 4.69) is 4.74 Å². The van der Waals surface area contributed by atoms with Crippen molar-refractivity contribution in [2.75, 3.05) is 0 Å². The molecule has 25 heavy (non-hydrogen) atoms. The summed E-state index contributed by atoms with van der Waals surface area (Å²) in [6.07, 6.45) is -4.97. The Kier molecular flexibility index (Phi) is 6.22. The number of alkyl halides is 5. The van der Waals surface area contributed by atoms with Crippen LogP contribution in [0.2, 0.25) is 25.1 Å². The number of rotatable bonds is 3. The molecule has 0 unspecified atom stereocenters. The number of hydrogen-bond acceptors (Lipinski definition) is 1. The van der Waals surface area contributed by atoms with Gasteiger partial charge in [-0.1, -0.05) is 70.1 Å². The van der Waals surface area contributed by atoms with Crippen LogP contribution >= 0.6 is 58.0 Å². The fourth-order valence-corrected chi connectivity index (χ4v) is 3.36. The highest BCUT2D eigenvalue weighted by atomic mass is 35.5. The Balaban J connectivity index is 2.90. The van der Waals surface area contributed by atoms with Gasteiger partial charge in [0.25, 0.3) is 0 Å². The molecule has 11 heteroatoms. The molecule has 0 N–H and O–H groups in total. The van der Waals surface area contributed by atoms with Crippen LogP contribution < -0.4 is 4.74 Å². The van der Waals surface area contributed by atoms with Crippen molar-refractivity contribution >= 4 is 58.0 Å². The first-order valence-electron chi connectivity index (χ1n) is 6.13. The predicted molar refractivity (Wildman–Crippen MR) is 88.6 cm³/mol. The van der Waals surface area contributed by atoms with Crippen molar-refractivity contribution in [2.45, 2.75) is 12.8 Å². The van der Waals surface area contributed by atoms with Gasteiger partial charge in [-0.15, -0.1) is 0 Å². The van der Waals surface area contributed by atoms with Crippen molar-refractivity contribution in [3.8, 4) is 16.9 Å². The molecule has 0 spiro atoms. The highest BCUT2D eigenvalue weighted by molar-refractivity contribution is 6.56. The third-order valence-corrected chi connectivity index (χ3v) is 5.28. The van der Waals surface area contributed by atoms with Gasteiger partial charge in [0.05, 0.1) is 30.7 Å². The van der Waals surface area contributed by atoms with E-state index >= 15 is 0 Å². The Morgan fingerprint density at radius 2 is 1.28 bits per heavy atom. The number of benzene rings is 2. The molecule has 2 aromatic carbocycles. The van der Waals surface area contributed by atoms with E-state index in [1.54, 1.807) is 0 Å². The van der Waals surface area contributed by atoms with Gasteiger partial charge < -0.3 is 4.74 Å². The molecule has 136 valence electrons. The average molecular weight is 460 g/mol. The molecule has 0 atom stereocenters. The summed E-state index contributed by atoms with van der Waals surface area (Å²) >= 11 is 29.6. The summed E-state index contributed by atoms with van der Waals surface area (Å²) in [4.78, 5) is 0. The summed E-state index contributed by atoms with van der Waals surface area (Å²) in [5.74, 6) is -1.16. The highest BCUT2D eigenvalue weighted by Crippen LogP contribution is 2.52. The lowest BCUT2D eigenvalue weighted by Gasteiger charge is -2.19. The van der Waals surface area contributed by atoms with Crippen molar-refractivity contribution < 1.29 is 26.7 Å². The molecule has 0 aliphatic carbocycles. The topological polar surface area (TPSA) is 9.23 Å². The summed E-state index contributed by atoms with van der Waals surface area (Å²) in [6.45, 7) is -3.53. The van der Waals surface area contributed by atoms with Gasteiger partial charge in [-0.2, -0.15) is 22.0 Å². The van der Waals surface area contributed by atoms with Crippen molar-refractivity contribution in [1.29, 1.82) is 0 Å². The van der Waals surface area contributed by atoms with Crippen LogP contribution in [0.3, 0.4) is 0 Å². The molecule has 0 aromatic heterocycles. The molecular weight excluding hydrogens is 456 g/mol. The maximum absolute atomic E-state index is 13.2. The van der Waals surface area contributed by atoms with Gasteiger partial charge in [0.1, 0.15) is 5.75 Å². The van der Waals surface area contributed by atoms with Gasteiger partial charge in [0.2, 0.25) is 0 Å². The Morgan fingerprint density at radius 3 is 1.72 bits per heavy atom. The number of hydrogen-bond donors (Lipinski definition) is 0. The zero-order valence-corrected chi connectivity index (χ0v) is 15.3. The third-order valence-electron chi connectivity index (χ3n) is 3.01. The minimum atomic E-state index is -4.97. The van der Waals surface area contributed by atoms with E-state index in [4.69, 9.17) is 58.0 Å². The standard InChI is InChI=1S/C14H4Cl5F5O/c15-7-6(8(16)10(18)11(19)9(7)17)4-2-1-3-5(14(22,23)24)12(4)25-13(20)21/h1-3,13H. The van der Waals surface area contributed by atoms with Crippen molar-refractivity contribution in [1.82, 2.24) is 0 Å². The summed E-state index contributed by atoms with van der Waals surface area (Å²) in [5, 5.41) is -1.55. The second kappa shape index (κ2) is 7.53. The van der Waals surface area contributed by atoms with Gasteiger partial charge in [-0.05, 0) is 6.07 Å². The Morgan fingerprint density at radius 1 is 0.800 bits per heavy atom. The maximum atomic E-state index is 13.2. The number of para-hydroxylation sites is 1. The summed E-state index contributed by atoms with van der Waals surface area (Å²) in [6, 6.07) is 2.60. The van der Waals surface area contributed by atoms with E-state index in [0.717, 1.165) is 12.1 Å². The lowest BCUT2D eigenvalue weighted by atomic mass is 10.0. The predicted octanol–water partition coefficient (Wildman–Crippen LogP) is 8.24. The van der Waals surface area contributed by atoms with Crippen LogP contribution in [0.1, 0.15) is 5.56 Å². The van der Waals surface area contributed by atoms with E-state index in [0.29, 0.717) is 6.07 Å². The second-order valence-corrected chi connectivity index (χ2v) is 6.39. The molecule has 0 aliphatic heterocycles. The first-order chi connectivity index (χ1) is 11.5. The van der Waals surface area contributed by atoms with E-state index in [-0.39, 0.29) is 30.7 Å². The molecule has 0 aliphatic rings. The normalized spacial score (nSPS) is 12.0. The first-order valence-corrected chi connectivity index (χ1v) is 8.02. The van der Waals surface area contributed by atoms with Gasteiger partial charge in [0, 0.05) is 11.1 Å². The molecule has 0 saturated carbocycles. The fraction of sp³-hybridized carbons (Fsp3) is 0.143. The van der Waals surface area contributed by atoms with Gasteiger partial charge in [0.15, 0.2) is 0 Å². The molecule has 0 saturated heterocycles. The van der Waals surface area contributed by atoms with Crippen LogP contribution in [0.4, 0.5) is 22.0 Å². The van der Waals surface area contributed by atoms with Gasteiger partial charge in [-0.3, -0.25) is 0 Å². The minimum absolute atomic E-state index is 0.231. The van der Waals surface area contributed by atoms with Crippen LogP contribution in [0, 0.1) is 0 Å². The van der Waals surface area contributed by atoms with Crippen LogP contribution in [0.5, 0.6) is 5.75 Å². The molecule has 1 nitrogen and oxygen atoms in total. The van der Waals surface area contributed by atoms with Crippen LogP contribution in [-0.2, 0) is 6.18 Å². The van der Waals surface area contributed by atoms with E-state index in [1.807, 2.05) is 0 Å². The second-order valence-electron chi connectivity index (χ2n) is 4.50. The fourth-order valence-electron chi connectivity index (χ4n) is 2.01. The molecule has 0 radical (unpaired) electrons. The molecule has 2 aromatic rings. The van der Waals surface area contributed by atoms with E-state index < -0.39 is 29.7 Å². The van der Waals surface area contributed by atoms with Crippen LogP contribution in [0.25, 0.3) is 11.1 Å². The Labute approximate surface area is 163 Å². The molecule has 0 fully saturated rings. The van der Waals surface area contributed by atoms with Crippen LogP contribution in [0.15, 0.2) is 18.2 Å². The van der Waals surface area contributed by atoms with Gasteiger partial charge in [-0.25, -0.2) is 0 Å². The lowest BCUT2D eigenvalue weighted by molar-refractivity contribution is -0.141. The largest absolute Gasteiger partial charge is 0.434 e. The molecule has 0 heterocycles. The molecular formula is C14H4Cl5F5O. The number of halogens is 10. The smallest absolute Gasteiger partial charge is 0.419 e. The lowest BCUT2D eigenvalue weighted by Crippen LogP contribution is -2.12. The van der Waals surface area contributed by atoms with Crippen molar-refractivity contribution in [2.24, 2.45) is 0 Å². The summed E-state index contributed by atoms with van der Waals surface area (Å²) < 4.78 is 68.9. The maximum Gasteiger partial charge on any atom is 0.419 e. The Bertz CT molecular complexity index is 793. The zero-order valence-electron chi connectivity index (χ0n) is 11.5. The molecule has 0 bridgehead atoms. The number of ether oxygens (including phenoxy) is 1. The molecule has 2 rings (SSSR count). The van der Waals surface area contributed by atoms with Crippen LogP contribution in [-0.4, -0.2) is 6.61 Å². The SMILES string of the molecule is FC(F)Oc1c(-c2c(Cl)c(Cl)c(Cl)c(Cl)c2Cl)cccc1C(F)(F)F. The summed E-state index contributed by atoms with van der Waals surface area (Å²) in [7, 11) is 0. The minimum Gasteiger partial charge on any atom is -0.434 e. The van der Waals surface area contributed by atoms with Gasteiger partial charge >= 0.3 is 12.8 Å². The quantitative estimate of drug-likeness (QED) is 0.255. The average Bonchev–Trinajstić information content (AvgIpc) is 2.51. The van der Waals surface area contributed by atoms with E-state index in [1.165, 1.54) is 0 Å². The highest BCUT2D eigenvalue weighted by Gasteiger charge is 2.37. The zero-order chi connectivity index (χ0) is 19.1. The van der Waals surface area contributed by atoms with Crippen molar-refractivity contribution in [3.05, 3.63) is 48.9 Å². The van der Waals surface area contributed by atoms with Crippen molar-refractivity contribution in [3.63, 3.8) is 0 Å². The summed E-state index contributed by atoms with van der Waals surface area (Å²) in [5.41, 5.74) is -2.23. The van der Waals surface area contributed by atoms with E-state index in [9.17, 15) is 22.0 Å². The monoisotopic (exact) mass is 458 g/mol. The first kappa shape index (κ1) is 20.6.